The Morgan fingerprint density at radius 2 is 1.87 bits per heavy atom. The highest BCUT2D eigenvalue weighted by Crippen LogP contribution is 2.17. The van der Waals surface area contributed by atoms with Gasteiger partial charge in [-0.2, -0.15) is 8.42 Å². The Balaban J connectivity index is 2.12. The molecule has 2 aromatic carbocycles. The fourth-order valence-corrected chi connectivity index (χ4v) is 2.58. The zero-order chi connectivity index (χ0) is 16.9. The van der Waals surface area contributed by atoms with Crippen LogP contribution in [0.15, 0.2) is 54.6 Å². The van der Waals surface area contributed by atoms with Crippen molar-refractivity contribution in [3.8, 4) is 5.75 Å². The summed E-state index contributed by atoms with van der Waals surface area (Å²) in [7, 11) is -4.04. The fraction of sp³-hybridized carbons (Fsp3) is 0.0625. The van der Waals surface area contributed by atoms with E-state index in [0.29, 0.717) is 5.56 Å². The van der Waals surface area contributed by atoms with Crippen molar-refractivity contribution >= 4 is 28.0 Å². The van der Waals surface area contributed by atoms with Crippen LogP contribution >= 0.6 is 0 Å². The van der Waals surface area contributed by atoms with E-state index < -0.39 is 16.3 Å². The minimum Gasteiger partial charge on any atom is -0.478 e. The van der Waals surface area contributed by atoms with Crippen LogP contribution in [0.5, 0.6) is 5.75 Å². The van der Waals surface area contributed by atoms with E-state index in [9.17, 15) is 13.2 Å². The van der Waals surface area contributed by atoms with Crippen LogP contribution in [0.3, 0.4) is 0 Å². The Labute approximate surface area is 134 Å². The largest absolute Gasteiger partial charge is 0.478 e. The maximum Gasteiger partial charge on any atom is 0.407 e. The molecule has 0 atom stereocenters. The zero-order valence-electron chi connectivity index (χ0n) is 12.3. The van der Waals surface area contributed by atoms with Crippen LogP contribution in [0.1, 0.15) is 11.1 Å². The molecule has 23 heavy (non-hydrogen) atoms. The third-order valence-corrected chi connectivity index (χ3v) is 3.67. The van der Waals surface area contributed by atoms with E-state index in [4.69, 9.17) is 9.29 Å². The first kappa shape index (κ1) is 16.6. The van der Waals surface area contributed by atoms with Crippen molar-refractivity contribution in [2.75, 3.05) is 4.72 Å². The van der Waals surface area contributed by atoms with Gasteiger partial charge in [-0.15, -0.1) is 0 Å². The summed E-state index contributed by atoms with van der Waals surface area (Å²) < 4.78 is 31.2. The number of aryl methyl sites for hydroxylation is 1. The van der Waals surface area contributed by atoms with Crippen molar-refractivity contribution in [2.24, 2.45) is 0 Å². The Bertz CT molecular complexity index is 826. The first-order valence-electron chi connectivity index (χ1n) is 6.64. The molecule has 0 aromatic heterocycles. The number of hydrogen-bond acceptors (Lipinski definition) is 4. The summed E-state index contributed by atoms with van der Waals surface area (Å²) in [5.74, 6) is -0.885. The van der Waals surface area contributed by atoms with Gasteiger partial charge in [-0.05, 0) is 42.8 Å². The number of anilines is 1. The van der Waals surface area contributed by atoms with Gasteiger partial charge in [-0.3, -0.25) is 4.72 Å². The Morgan fingerprint density at radius 3 is 2.52 bits per heavy atom. The molecule has 2 rings (SSSR count). The van der Waals surface area contributed by atoms with Gasteiger partial charge in [0, 0.05) is 6.08 Å². The van der Waals surface area contributed by atoms with Gasteiger partial charge < -0.3 is 9.29 Å². The van der Waals surface area contributed by atoms with E-state index >= 15 is 0 Å². The molecule has 0 bridgehead atoms. The van der Waals surface area contributed by atoms with Gasteiger partial charge in [-0.1, -0.05) is 29.8 Å². The van der Waals surface area contributed by atoms with Crippen LogP contribution in [0.2, 0.25) is 0 Å². The van der Waals surface area contributed by atoms with E-state index in [1.807, 2.05) is 6.92 Å². The van der Waals surface area contributed by atoms with E-state index in [0.717, 1.165) is 11.6 Å². The number of hydrogen-bond donors (Lipinski definition) is 2. The summed E-state index contributed by atoms with van der Waals surface area (Å²) in [6.45, 7) is 1.88. The first-order valence-corrected chi connectivity index (χ1v) is 8.05. The SMILES string of the molecule is Cc1ccc(OS(=O)(=O)Nc2cccc(/C=C/C(=O)O)c2)cc1. The fourth-order valence-electron chi connectivity index (χ4n) is 1.76. The molecule has 0 heterocycles. The Morgan fingerprint density at radius 1 is 1.17 bits per heavy atom. The lowest BCUT2D eigenvalue weighted by atomic mass is 10.2. The maximum absolute atomic E-state index is 12.0. The lowest BCUT2D eigenvalue weighted by molar-refractivity contribution is -0.131. The lowest BCUT2D eigenvalue weighted by Gasteiger charge is -2.09. The summed E-state index contributed by atoms with van der Waals surface area (Å²) in [5, 5.41) is 8.60. The molecule has 6 nitrogen and oxygen atoms in total. The molecule has 0 fully saturated rings. The number of carbonyl (C=O) groups is 1. The minimum absolute atomic E-state index is 0.199. The molecular weight excluding hydrogens is 318 g/mol. The Kier molecular flexibility index (Phi) is 5.02. The molecule has 7 heteroatoms. The average Bonchev–Trinajstić information content (AvgIpc) is 2.47. The van der Waals surface area contributed by atoms with Gasteiger partial charge in [-0.25, -0.2) is 4.79 Å². The van der Waals surface area contributed by atoms with E-state index in [2.05, 4.69) is 4.72 Å². The molecule has 120 valence electrons. The monoisotopic (exact) mass is 333 g/mol. The average molecular weight is 333 g/mol. The van der Waals surface area contributed by atoms with Gasteiger partial charge in [0.25, 0.3) is 0 Å². The summed E-state index contributed by atoms with van der Waals surface area (Å²) in [6.07, 6.45) is 2.33. The molecule has 2 aromatic rings. The smallest absolute Gasteiger partial charge is 0.407 e. The molecule has 0 unspecified atom stereocenters. The molecule has 2 N–H and O–H groups in total. The molecule has 0 aliphatic carbocycles. The van der Waals surface area contributed by atoms with E-state index in [1.165, 1.54) is 18.2 Å². The zero-order valence-corrected chi connectivity index (χ0v) is 13.1. The third-order valence-electron chi connectivity index (χ3n) is 2.77. The number of carboxylic acid groups (broad SMARTS) is 1. The number of benzene rings is 2. The predicted molar refractivity (Wildman–Crippen MR) is 87.5 cm³/mol. The van der Waals surface area contributed by atoms with Crippen LogP contribution in [0.4, 0.5) is 5.69 Å². The minimum atomic E-state index is -4.04. The maximum atomic E-state index is 12.0. The van der Waals surface area contributed by atoms with Gasteiger partial charge in [0.2, 0.25) is 0 Å². The molecule has 0 aliphatic rings. The van der Waals surface area contributed by atoms with Crippen molar-refractivity contribution in [1.29, 1.82) is 0 Å². The highest BCUT2D eigenvalue weighted by Gasteiger charge is 2.12. The summed E-state index contributed by atoms with van der Waals surface area (Å²) >= 11 is 0. The summed E-state index contributed by atoms with van der Waals surface area (Å²) in [6, 6.07) is 12.9. The van der Waals surface area contributed by atoms with E-state index in [-0.39, 0.29) is 11.4 Å². The molecule has 0 spiro atoms. The third kappa shape index (κ3) is 5.48. The number of rotatable bonds is 6. The predicted octanol–water partition coefficient (Wildman–Crippen LogP) is 2.83. The standard InChI is InChI=1S/C16H15NO5S/c1-12-5-8-15(9-6-12)22-23(20,21)17-14-4-2-3-13(11-14)7-10-16(18)19/h2-11,17H,1H3,(H,18,19)/b10-7+. The Hall–Kier alpha value is -2.80. The molecule has 0 radical (unpaired) electrons. The second kappa shape index (κ2) is 6.97. The molecule has 0 saturated heterocycles. The van der Waals surface area contributed by atoms with Crippen LogP contribution in [-0.2, 0) is 15.1 Å². The second-order valence-electron chi connectivity index (χ2n) is 4.75. The molecular formula is C16H15NO5S. The van der Waals surface area contributed by atoms with Crippen molar-refractivity contribution in [3.05, 3.63) is 65.7 Å². The second-order valence-corrected chi connectivity index (χ2v) is 6.03. The summed E-state index contributed by atoms with van der Waals surface area (Å²) in [5.41, 5.74) is 1.80. The lowest BCUT2D eigenvalue weighted by Crippen LogP contribution is -2.19. The van der Waals surface area contributed by atoms with Crippen molar-refractivity contribution in [1.82, 2.24) is 0 Å². The van der Waals surface area contributed by atoms with Crippen LogP contribution in [-0.4, -0.2) is 19.5 Å². The van der Waals surface area contributed by atoms with Gasteiger partial charge in [0.05, 0.1) is 5.69 Å². The molecule has 0 aliphatic heterocycles. The molecule has 0 saturated carbocycles. The highest BCUT2D eigenvalue weighted by atomic mass is 32.2. The van der Waals surface area contributed by atoms with Crippen LogP contribution in [0.25, 0.3) is 6.08 Å². The first-order chi connectivity index (χ1) is 10.8. The van der Waals surface area contributed by atoms with Gasteiger partial charge >= 0.3 is 16.3 Å². The normalized spacial score (nSPS) is 11.3. The van der Waals surface area contributed by atoms with Crippen LogP contribution in [0, 0.1) is 6.92 Å². The van der Waals surface area contributed by atoms with E-state index in [1.54, 1.807) is 36.4 Å². The van der Waals surface area contributed by atoms with Crippen molar-refractivity contribution in [3.63, 3.8) is 0 Å². The van der Waals surface area contributed by atoms with Gasteiger partial charge in [0.15, 0.2) is 0 Å². The number of carboxylic acids is 1. The van der Waals surface area contributed by atoms with Crippen molar-refractivity contribution < 1.29 is 22.5 Å². The highest BCUT2D eigenvalue weighted by molar-refractivity contribution is 7.88. The van der Waals surface area contributed by atoms with Crippen LogP contribution < -0.4 is 8.91 Å². The quantitative estimate of drug-likeness (QED) is 0.793. The summed E-state index contributed by atoms with van der Waals surface area (Å²) in [4.78, 5) is 10.5. The van der Waals surface area contributed by atoms with Crippen molar-refractivity contribution in [2.45, 2.75) is 6.92 Å². The van der Waals surface area contributed by atoms with Gasteiger partial charge in [0.1, 0.15) is 5.75 Å². The number of aliphatic carboxylic acids is 1. The number of nitrogens with one attached hydrogen (secondary N) is 1. The topological polar surface area (TPSA) is 92.7 Å². The molecule has 0 amide bonds.